The zero-order chi connectivity index (χ0) is 15.5. The maximum Gasteiger partial charge on any atom is 0.253 e. The molecule has 2 N–H and O–H groups in total. The van der Waals surface area contributed by atoms with Crippen LogP contribution in [0.4, 0.5) is 4.39 Å². The number of carbonyl (C=O) groups excluding carboxylic acids is 1. The first-order valence-electron chi connectivity index (χ1n) is 8.03. The highest BCUT2D eigenvalue weighted by Gasteiger charge is 2.26. The molecule has 1 saturated carbocycles. The lowest BCUT2D eigenvalue weighted by Gasteiger charge is -2.17. The Morgan fingerprint density at radius 1 is 1.32 bits per heavy atom. The number of halogens is 1. The second-order valence-electron chi connectivity index (χ2n) is 6.41. The van der Waals surface area contributed by atoms with Gasteiger partial charge in [-0.05, 0) is 55.8 Å². The summed E-state index contributed by atoms with van der Waals surface area (Å²) in [6.07, 6.45) is 3.36. The average Bonchev–Trinajstić information content (AvgIpc) is 3.22. The molecule has 1 amide bonds. The van der Waals surface area contributed by atoms with Crippen molar-refractivity contribution in [3.05, 3.63) is 35.1 Å². The van der Waals surface area contributed by atoms with Crippen LogP contribution in [0.15, 0.2) is 18.2 Å². The molecule has 1 aromatic carbocycles. The van der Waals surface area contributed by atoms with Gasteiger partial charge in [0.05, 0.1) is 6.61 Å². The van der Waals surface area contributed by atoms with Crippen molar-refractivity contribution in [2.45, 2.75) is 25.9 Å². The van der Waals surface area contributed by atoms with Crippen LogP contribution in [0.3, 0.4) is 0 Å². The Bertz CT molecular complexity index is 545. The molecule has 0 radical (unpaired) electrons. The summed E-state index contributed by atoms with van der Waals surface area (Å²) >= 11 is 0. The SMILES string of the molecule is NC[C@H]1CCN(C(=O)c2ccc(F)c(COCC3CC3)c2)C1. The second kappa shape index (κ2) is 6.75. The number of carbonyl (C=O) groups is 1. The maximum atomic E-state index is 13.8. The molecule has 0 aromatic heterocycles. The van der Waals surface area contributed by atoms with Gasteiger partial charge in [-0.1, -0.05) is 0 Å². The summed E-state index contributed by atoms with van der Waals surface area (Å²) in [5, 5.41) is 0. The lowest BCUT2D eigenvalue weighted by atomic mass is 10.1. The van der Waals surface area contributed by atoms with Crippen molar-refractivity contribution in [2.24, 2.45) is 17.6 Å². The topological polar surface area (TPSA) is 55.6 Å². The van der Waals surface area contributed by atoms with Gasteiger partial charge in [-0.15, -0.1) is 0 Å². The largest absolute Gasteiger partial charge is 0.376 e. The minimum absolute atomic E-state index is 0.0422. The van der Waals surface area contributed by atoms with Crippen LogP contribution in [0.5, 0.6) is 0 Å². The van der Waals surface area contributed by atoms with Crippen LogP contribution in [0.1, 0.15) is 35.2 Å². The Kier molecular flexibility index (Phi) is 4.74. The fourth-order valence-corrected chi connectivity index (χ4v) is 2.83. The number of nitrogens with zero attached hydrogens (tertiary/aromatic N) is 1. The molecule has 1 aliphatic carbocycles. The van der Waals surface area contributed by atoms with Gasteiger partial charge in [-0.2, -0.15) is 0 Å². The third kappa shape index (κ3) is 3.65. The molecular weight excluding hydrogens is 283 g/mol. The van der Waals surface area contributed by atoms with Gasteiger partial charge in [0, 0.05) is 30.8 Å². The second-order valence-corrected chi connectivity index (χ2v) is 6.41. The summed E-state index contributed by atoms with van der Waals surface area (Å²) in [5.41, 5.74) is 6.65. The highest BCUT2D eigenvalue weighted by molar-refractivity contribution is 5.94. The lowest BCUT2D eigenvalue weighted by Crippen LogP contribution is -2.30. The summed E-state index contributed by atoms with van der Waals surface area (Å²) < 4.78 is 19.4. The molecule has 3 rings (SSSR count). The Hall–Kier alpha value is -1.46. The van der Waals surface area contributed by atoms with E-state index in [9.17, 15) is 9.18 Å². The van der Waals surface area contributed by atoms with Crippen LogP contribution in [0.2, 0.25) is 0 Å². The van der Waals surface area contributed by atoms with Crippen LogP contribution in [0, 0.1) is 17.7 Å². The molecule has 2 fully saturated rings. The smallest absolute Gasteiger partial charge is 0.253 e. The van der Waals surface area contributed by atoms with Gasteiger partial charge in [-0.25, -0.2) is 4.39 Å². The highest BCUT2D eigenvalue weighted by atomic mass is 19.1. The van der Waals surface area contributed by atoms with Crippen LogP contribution in [0.25, 0.3) is 0 Å². The van der Waals surface area contributed by atoms with Crippen molar-refractivity contribution in [2.75, 3.05) is 26.2 Å². The molecule has 120 valence electrons. The first kappa shape index (κ1) is 15.4. The van der Waals surface area contributed by atoms with Crippen molar-refractivity contribution >= 4 is 5.91 Å². The maximum absolute atomic E-state index is 13.8. The fourth-order valence-electron chi connectivity index (χ4n) is 2.83. The first-order valence-corrected chi connectivity index (χ1v) is 8.03. The zero-order valence-electron chi connectivity index (χ0n) is 12.8. The average molecular weight is 306 g/mol. The molecule has 4 nitrogen and oxygen atoms in total. The molecule has 0 unspecified atom stereocenters. The summed E-state index contributed by atoms with van der Waals surface area (Å²) in [6, 6.07) is 4.54. The third-order valence-electron chi connectivity index (χ3n) is 4.51. The van der Waals surface area contributed by atoms with Gasteiger partial charge >= 0.3 is 0 Å². The van der Waals surface area contributed by atoms with Gasteiger partial charge in [0.2, 0.25) is 0 Å². The third-order valence-corrected chi connectivity index (χ3v) is 4.51. The molecular formula is C17H23FN2O2. The Morgan fingerprint density at radius 3 is 2.82 bits per heavy atom. The number of benzene rings is 1. The Labute approximate surface area is 130 Å². The predicted molar refractivity (Wildman–Crippen MR) is 81.8 cm³/mol. The number of nitrogens with two attached hydrogens (primary N) is 1. The van der Waals surface area contributed by atoms with Crippen LogP contribution < -0.4 is 5.73 Å². The van der Waals surface area contributed by atoms with E-state index in [1.165, 1.54) is 18.9 Å². The van der Waals surface area contributed by atoms with Gasteiger partial charge in [-0.3, -0.25) is 4.79 Å². The summed E-state index contributed by atoms with van der Waals surface area (Å²) in [6.45, 7) is 2.94. The van der Waals surface area contributed by atoms with E-state index in [1.54, 1.807) is 17.0 Å². The van der Waals surface area contributed by atoms with Crippen LogP contribution in [-0.2, 0) is 11.3 Å². The van der Waals surface area contributed by atoms with Crippen molar-refractivity contribution in [1.29, 1.82) is 0 Å². The van der Waals surface area contributed by atoms with E-state index >= 15 is 0 Å². The van der Waals surface area contributed by atoms with E-state index in [0.717, 1.165) is 13.0 Å². The minimum Gasteiger partial charge on any atom is -0.376 e. The molecule has 1 aliphatic heterocycles. The van der Waals surface area contributed by atoms with E-state index in [-0.39, 0.29) is 18.3 Å². The van der Waals surface area contributed by atoms with E-state index in [0.29, 0.717) is 42.7 Å². The Morgan fingerprint density at radius 2 is 2.14 bits per heavy atom. The number of hydrogen-bond acceptors (Lipinski definition) is 3. The summed E-state index contributed by atoms with van der Waals surface area (Å²) in [4.78, 5) is 14.3. The van der Waals surface area contributed by atoms with Gasteiger partial charge < -0.3 is 15.4 Å². The highest BCUT2D eigenvalue weighted by Crippen LogP contribution is 2.29. The Balaban J connectivity index is 1.63. The van der Waals surface area contributed by atoms with Crippen molar-refractivity contribution in [1.82, 2.24) is 4.90 Å². The number of amides is 1. The summed E-state index contributed by atoms with van der Waals surface area (Å²) in [5.74, 6) is 0.671. The van der Waals surface area contributed by atoms with Crippen molar-refractivity contribution in [3.8, 4) is 0 Å². The molecule has 1 atom stereocenters. The van der Waals surface area contributed by atoms with Gasteiger partial charge in [0.25, 0.3) is 5.91 Å². The number of ether oxygens (including phenoxy) is 1. The lowest BCUT2D eigenvalue weighted by molar-refractivity contribution is 0.0786. The normalized spacial score (nSPS) is 21.4. The molecule has 0 bridgehead atoms. The number of hydrogen-bond donors (Lipinski definition) is 1. The van der Waals surface area contributed by atoms with E-state index < -0.39 is 0 Å². The standard InChI is InChI=1S/C17H23FN2O2/c18-16-4-3-14(7-15(16)11-22-10-12-1-2-12)17(21)20-6-5-13(8-19)9-20/h3-4,7,12-13H,1-2,5-6,8-11,19H2/t13-/m1/s1. The molecule has 0 spiro atoms. The van der Waals surface area contributed by atoms with E-state index in [4.69, 9.17) is 10.5 Å². The first-order chi connectivity index (χ1) is 10.7. The molecule has 1 aromatic rings. The molecule has 2 aliphatic rings. The molecule has 5 heteroatoms. The molecule has 22 heavy (non-hydrogen) atoms. The predicted octanol–water partition coefficient (Wildman–Crippen LogP) is 2.17. The van der Waals surface area contributed by atoms with Gasteiger partial charge in [0.15, 0.2) is 0 Å². The minimum atomic E-state index is -0.311. The monoisotopic (exact) mass is 306 g/mol. The van der Waals surface area contributed by atoms with Gasteiger partial charge in [0.1, 0.15) is 5.82 Å². The van der Waals surface area contributed by atoms with E-state index in [1.807, 2.05) is 0 Å². The zero-order valence-corrected chi connectivity index (χ0v) is 12.8. The van der Waals surface area contributed by atoms with E-state index in [2.05, 4.69) is 0 Å². The van der Waals surface area contributed by atoms with Crippen LogP contribution >= 0.6 is 0 Å². The quantitative estimate of drug-likeness (QED) is 0.876. The van der Waals surface area contributed by atoms with Crippen LogP contribution in [-0.4, -0.2) is 37.0 Å². The van der Waals surface area contributed by atoms with Crippen molar-refractivity contribution < 1.29 is 13.9 Å². The molecule has 1 saturated heterocycles. The fraction of sp³-hybridized carbons (Fsp3) is 0.588. The van der Waals surface area contributed by atoms with Crippen molar-refractivity contribution in [3.63, 3.8) is 0 Å². The number of likely N-dealkylation sites (tertiary alicyclic amines) is 1. The molecule has 1 heterocycles. The number of rotatable bonds is 6. The summed E-state index contributed by atoms with van der Waals surface area (Å²) in [7, 11) is 0.